The van der Waals surface area contributed by atoms with Crippen LogP contribution in [0.4, 0.5) is 0 Å². The number of benzene rings is 1. The van der Waals surface area contributed by atoms with Crippen LogP contribution >= 0.6 is 11.8 Å². The summed E-state index contributed by atoms with van der Waals surface area (Å²) in [6, 6.07) is 8.39. The third kappa shape index (κ3) is 3.03. The molecule has 2 rings (SSSR count). The van der Waals surface area contributed by atoms with Gasteiger partial charge in [0.2, 0.25) is 0 Å². The summed E-state index contributed by atoms with van der Waals surface area (Å²) in [7, 11) is 0. The maximum Gasteiger partial charge on any atom is 0.0943 e. The molecule has 0 bridgehead atoms. The molecule has 0 unspecified atom stereocenters. The Hall–Kier alpha value is -0.510. The summed E-state index contributed by atoms with van der Waals surface area (Å²) in [4.78, 5) is 1.24. The second-order valence-electron chi connectivity index (χ2n) is 5.39. The quantitative estimate of drug-likeness (QED) is 0.810. The number of rotatable bonds is 3. The van der Waals surface area contributed by atoms with Gasteiger partial charge in [-0.1, -0.05) is 12.1 Å². The second-order valence-corrected chi connectivity index (χ2v) is 6.27. The Morgan fingerprint density at radius 1 is 1.35 bits per heavy atom. The standard InChI is InChI=1S/C14H21NOS/c1-14(2)9-8-12(15-14)13(16)10-4-6-11(17-3)7-5-10/h4-7,12-13,15-16H,8-9H2,1-3H3/t12-,13-/m0/s1. The van der Waals surface area contributed by atoms with Crippen LogP contribution < -0.4 is 5.32 Å². The van der Waals surface area contributed by atoms with Gasteiger partial charge in [0.1, 0.15) is 0 Å². The van der Waals surface area contributed by atoms with Crippen molar-refractivity contribution in [3.8, 4) is 0 Å². The maximum absolute atomic E-state index is 10.3. The van der Waals surface area contributed by atoms with Gasteiger partial charge in [-0.15, -0.1) is 11.8 Å². The van der Waals surface area contributed by atoms with Gasteiger partial charge >= 0.3 is 0 Å². The van der Waals surface area contributed by atoms with Crippen molar-refractivity contribution in [1.29, 1.82) is 0 Å². The second kappa shape index (κ2) is 5.01. The number of aliphatic hydroxyl groups excluding tert-OH is 1. The van der Waals surface area contributed by atoms with E-state index in [1.54, 1.807) is 11.8 Å². The molecule has 2 N–H and O–H groups in total. The first-order valence-electron chi connectivity index (χ1n) is 6.11. The minimum absolute atomic E-state index is 0.158. The van der Waals surface area contributed by atoms with Gasteiger partial charge in [0, 0.05) is 16.5 Å². The molecule has 0 aliphatic carbocycles. The van der Waals surface area contributed by atoms with Crippen LogP contribution in [-0.4, -0.2) is 22.9 Å². The van der Waals surface area contributed by atoms with E-state index in [1.165, 1.54) is 4.90 Å². The summed E-state index contributed by atoms with van der Waals surface area (Å²) >= 11 is 1.72. The highest BCUT2D eigenvalue weighted by molar-refractivity contribution is 7.98. The molecule has 0 saturated carbocycles. The van der Waals surface area contributed by atoms with Crippen molar-refractivity contribution in [3.63, 3.8) is 0 Å². The Bertz CT molecular complexity index is 374. The van der Waals surface area contributed by atoms with Crippen LogP contribution in [0.1, 0.15) is 38.4 Å². The number of hydrogen-bond donors (Lipinski definition) is 2. The van der Waals surface area contributed by atoms with E-state index in [0.29, 0.717) is 0 Å². The van der Waals surface area contributed by atoms with E-state index in [9.17, 15) is 5.11 Å². The molecule has 17 heavy (non-hydrogen) atoms. The fraction of sp³-hybridized carbons (Fsp3) is 0.571. The van der Waals surface area contributed by atoms with E-state index in [-0.39, 0.29) is 11.6 Å². The molecule has 0 amide bonds. The zero-order chi connectivity index (χ0) is 12.5. The molecule has 2 atom stereocenters. The Morgan fingerprint density at radius 3 is 2.47 bits per heavy atom. The van der Waals surface area contributed by atoms with Gasteiger partial charge in [0.25, 0.3) is 0 Å². The Labute approximate surface area is 108 Å². The predicted molar refractivity (Wildman–Crippen MR) is 73.4 cm³/mol. The number of nitrogens with one attached hydrogen (secondary N) is 1. The SMILES string of the molecule is CSc1ccc([C@H](O)[C@@H]2CCC(C)(C)N2)cc1. The average Bonchev–Trinajstić information content (AvgIpc) is 2.69. The average molecular weight is 251 g/mol. The van der Waals surface area contributed by atoms with Gasteiger partial charge in [0.05, 0.1) is 6.10 Å². The van der Waals surface area contributed by atoms with E-state index in [1.807, 2.05) is 12.1 Å². The van der Waals surface area contributed by atoms with Gasteiger partial charge in [-0.25, -0.2) is 0 Å². The highest BCUT2D eigenvalue weighted by Gasteiger charge is 2.34. The van der Waals surface area contributed by atoms with E-state index in [2.05, 4.69) is 37.6 Å². The van der Waals surface area contributed by atoms with E-state index >= 15 is 0 Å². The molecule has 94 valence electrons. The summed E-state index contributed by atoms with van der Waals surface area (Å²) in [6.45, 7) is 4.38. The molecule has 3 heteroatoms. The molecule has 0 aromatic heterocycles. The topological polar surface area (TPSA) is 32.3 Å². The molecular weight excluding hydrogens is 230 g/mol. The normalized spacial score (nSPS) is 24.8. The molecule has 1 aliphatic heterocycles. The molecule has 1 saturated heterocycles. The first kappa shape index (κ1) is 12.9. The molecule has 1 aromatic carbocycles. The van der Waals surface area contributed by atoms with Gasteiger partial charge in [-0.2, -0.15) is 0 Å². The maximum atomic E-state index is 10.3. The Morgan fingerprint density at radius 2 is 2.00 bits per heavy atom. The molecule has 1 aromatic rings. The molecule has 2 nitrogen and oxygen atoms in total. The smallest absolute Gasteiger partial charge is 0.0943 e. The van der Waals surface area contributed by atoms with Crippen LogP contribution in [0.3, 0.4) is 0 Å². The van der Waals surface area contributed by atoms with Crippen molar-refractivity contribution < 1.29 is 5.11 Å². The van der Waals surface area contributed by atoms with Crippen molar-refractivity contribution in [3.05, 3.63) is 29.8 Å². The first-order valence-corrected chi connectivity index (χ1v) is 7.34. The summed E-state index contributed by atoms with van der Waals surface area (Å²) in [5, 5.41) is 13.8. The van der Waals surface area contributed by atoms with Crippen molar-refractivity contribution in [2.75, 3.05) is 6.26 Å². The lowest BCUT2D eigenvalue weighted by molar-refractivity contribution is 0.131. The molecule has 0 spiro atoms. The Kier molecular flexibility index (Phi) is 3.81. The third-order valence-corrected chi connectivity index (χ3v) is 4.24. The number of aliphatic hydroxyl groups is 1. The van der Waals surface area contributed by atoms with E-state index < -0.39 is 6.10 Å². The van der Waals surface area contributed by atoms with Crippen molar-refractivity contribution >= 4 is 11.8 Å². The minimum Gasteiger partial charge on any atom is -0.387 e. The van der Waals surface area contributed by atoms with Gasteiger partial charge in [0.15, 0.2) is 0 Å². The number of hydrogen-bond acceptors (Lipinski definition) is 3. The van der Waals surface area contributed by atoms with E-state index in [4.69, 9.17) is 0 Å². The van der Waals surface area contributed by atoms with Crippen LogP contribution in [0, 0.1) is 0 Å². The zero-order valence-corrected chi connectivity index (χ0v) is 11.6. The summed E-state index contributed by atoms with van der Waals surface area (Å²) in [5.41, 5.74) is 1.17. The summed E-state index contributed by atoms with van der Waals surface area (Å²) in [6.07, 6.45) is 3.83. The molecule has 0 radical (unpaired) electrons. The first-order chi connectivity index (χ1) is 8.02. The van der Waals surface area contributed by atoms with Crippen LogP contribution in [0.5, 0.6) is 0 Å². The lowest BCUT2D eigenvalue weighted by Gasteiger charge is -2.24. The van der Waals surface area contributed by atoms with Gasteiger partial charge in [-0.3, -0.25) is 0 Å². The largest absolute Gasteiger partial charge is 0.387 e. The molecule has 1 aliphatic rings. The van der Waals surface area contributed by atoms with Gasteiger partial charge in [-0.05, 0) is 50.6 Å². The van der Waals surface area contributed by atoms with Crippen molar-refractivity contribution in [2.45, 2.75) is 49.3 Å². The van der Waals surface area contributed by atoms with Crippen molar-refractivity contribution in [2.24, 2.45) is 0 Å². The third-order valence-electron chi connectivity index (χ3n) is 3.49. The van der Waals surface area contributed by atoms with Crippen molar-refractivity contribution in [1.82, 2.24) is 5.32 Å². The fourth-order valence-electron chi connectivity index (χ4n) is 2.43. The Balaban J connectivity index is 2.06. The molecular formula is C14H21NOS. The van der Waals surface area contributed by atoms with Crippen LogP contribution in [0.2, 0.25) is 0 Å². The summed E-state index contributed by atoms with van der Waals surface area (Å²) in [5.74, 6) is 0. The fourth-order valence-corrected chi connectivity index (χ4v) is 2.84. The highest BCUT2D eigenvalue weighted by atomic mass is 32.2. The predicted octanol–water partition coefficient (Wildman–Crippen LogP) is 2.97. The van der Waals surface area contributed by atoms with Crippen LogP contribution in [0.15, 0.2) is 29.2 Å². The number of thioether (sulfide) groups is 1. The zero-order valence-electron chi connectivity index (χ0n) is 10.7. The lowest BCUT2D eigenvalue weighted by atomic mass is 10.0. The molecule has 1 heterocycles. The minimum atomic E-state index is -0.396. The lowest BCUT2D eigenvalue weighted by Crippen LogP contribution is -2.40. The van der Waals surface area contributed by atoms with Crippen LogP contribution in [-0.2, 0) is 0 Å². The van der Waals surface area contributed by atoms with Gasteiger partial charge < -0.3 is 10.4 Å². The van der Waals surface area contributed by atoms with E-state index in [0.717, 1.165) is 18.4 Å². The van der Waals surface area contributed by atoms with Crippen LogP contribution in [0.25, 0.3) is 0 Å². The molecule has 1 fully saturated rings. The highest BCUT2D eigenvalue weighted by Crippen LogP contribution is 2.30. The monoisotopic (exact) mass is 251 g/mol. The summed E-state index contributed by atoms with van der Waals surface area (Å²) < 4.78 is 0.